The largest absolute Gasteiger partial charge is 0.574 e. The molecule has 16 heavy (non-hydrogen) atoms. The molecule has 1 rings (SSSR count). The van der Waals surface area contributed by atoms with Gasteiger partial charge in [0, 0.05) is 10.9 Å². The Bertz CT molecular complexity index is 430. The van der Waals surface area contributed by atoms with Crippen molar-refractivity contribution in [2.45, 2.75) is 11.7 Å². The van der Waals surface area contributed by atoms with Crippen molar-refractivity contribution >= 4 is 15.9 Å². The summed E-state index contributed by atoms with van der Waals surface area (Å²) in [5.74, 6) is -0.948. The lowest BCUT2D eigenvalue weighted by Gasteiger charge is -2.12. The molecule has 0 aliphatic carbocycles. The Hall–Kier alpha value is -1.18. The summed E-state index contributed by atoms with van der Waals surface area (Å²) in [4.78, 5) is 13.2. The molecule has 1 aromatic heterocycles. The van der Waals surface area contributed by atoms with E-state index < -0.39 is 17.8 Å². The van der Waals surface area contributed by atoms with Crippen molar-refractivity contribution in [3.05, 3.63) is 22.0 Å². The molecular formula is C8H7BrF3NO3. The standard InChI is InChI=1S/C8H7BrF3NO3/c1-15-5-2-4(3-9)6(14)13-7(5)16-8(10,11)12/h2H,3H2,1H3,(H,13,14). The molecule has 1 aromatic rings. The lowest BCUT2D eigenvalue weighted by molar-refractivity contribution is -0.276. The SMILES string of the molecule is COc1cc(CBr)c(=O)[nH]c1OC(F)(F)F. The number of nitrogens with one attached hydrogen (secondary N) is 1. The molecule has 0 bridgehead atoms. The number of halogens is 4. The van der Waals surface area contributed by atoms with Crippen LogP contribution in [0.15, 0.2) is 10.9 Å². The first-order valence-electron chi connectivity index (χ1n) is 3.99. The minimum absolute atomic E-state index is 0.189. The molecule has 0 saturated carbocycles. The van der Waals surface area contributed by atoms with Crippen LogP contribution in [-0.4, -0.2) is 18.5 Å². The van der Waals surface area contributed by atoms with Crippen LogP contribution in [-0.2, 0) is 5.33 Å². The molecule has 0 unspecified atom stereocenters. The van der Waals surface area contributed by atoms with Gasteiger partial charge in [0.15, 0.2) is 5.75 Å². The van der Waals surface area contributed by atoms with E-state index >= 15 is 0 Å². The Morgan fingerprint density at radius 1 is 1.50 bits per heavy atom. The van der Waals surface area contributed by atoms with Gasteiger partial charge in [-0.2, -0.15) is 0 Å². The summed E-state index contributed by atoms with van der Waals surface area (Å²) in [5.41, 5.74) is -0.428. The number of hydrogen-bond donors (Lipinski definition) is 1. The topological polar surface area (TPSA) is 51.3 Å². The number of H-pyrrole nitrogens is 1. The van der Waals surface area contributed by atoms with Crippen LogP contribution in [0, 0.1) is 0 Å². The number of hydrogen-bond acceptors (Lipinski definition) is 3. The molecule has 4 nitrogen and oxygen atoms in total. The fourth-order valence-corrected chi connectivity index (χ4v) is 1.39. The van der Waals surface area contributed by atoms with E-state index in [0.29, 0.717) is 0 Å². The van der Waals surface area contributed by atoms with Gasteiger partial charge < -0.3 is 9.47 Å². The van der Waals surface area contributed by atoms with Crippen LogP contribution in [0.5, 0.6) is 11.6 Å². The van der Waals surface area contributed by atoms with E-state index in [9.17, 15) is 18.0 Å². The highest BCUT2D eigenvalue weighted by Crippen LogP contribution is 2.29. The number of alkyl halides is 4. The predicted molar refractivity (Wildman–Crippen MR) is 52.9 cm³/mol. The van der Waals surface area contributed by atoms with Crippen LogP contribution in [0.4, 0.5) is 13.2 Å². The van der Waals surface area contributed by atoms with E-state index in [1.165, 1.54) is 13.2 Å². The minimum Gasteiger partial charge on any atom is -0.491 e. The highest BCUT2D eigenvalue weighted by Gasteiger charge is 2.33. The van der Waals surface area contributed by atoms with Crippen LogP contribution < -0.4 is 15.0 Å². The fraction of sp³-hybridized carbons (Fsp3) is 0.375. The molecule has 8 heteroatoms. The van der Waals surface area contributed by atoms with Crippen molar-refractivity contribution in [1.29, 1.82) is 0 Å². The van der Waals surface area contributed by atoms with Gasteiger partial charge in [-0.1, -0.05) is 15.9 Å². The zero-order valence-electron chi connectivity index (χ0n) is 8.02. The highest BCUT2D eigenvalue weighted by atomic mass is 79.9. The van der Waals surface area contributed by atoms with Crippen molar-refractivity contribution in [2.75, 3.05) is 7.11 Å². The first kappa shape index (κ1) is 12.9. The summed E-state index contributed by atoms with van der Waals surface area (Å²) in [6, 6.07) is 1.18. The lowest BCUT2D eigenvalue weighted by Crippen LogP contribution is -2.21. The van der Waals surface area contributed by atoms with Gasteiger partial charge in [0.25, 0.3) is 5.56 Å². The number of pyridine rings is 1. The Balaban J connectivity index is 3.19. The maximum atomic E-state index is 12.0. The maximum absolute atomic E-state index is 12.0. The summed E-state index contributed by atoms with van der Waals surface area (Å²) < 4.78 is 44.2. The molecule has 90 valence electrons. The molecule has 1 heterocycles. The number of ether oxygens (including phenoxy) is 2. The summed E-state index contributed by atoms with van der Waals surface area (Å²) >= 11 is 3.02. The molecule has 0 fully saturated rings. The van der Waals surface area contributed by atoms with Crippen LogP contribution in [0.3, 0.4) is 0 Å². The van der Waals surface area contributed by atoms with Crippen LogP contribution in [0.2, 0.25) is 0 Å². The van der Waals surface area contributed by atoms with Gasteiger partial charge in [0.1, 0.15) is 0 Å². The number of methoxy groups -OCH3 is 1. The van der Waals surface area contributed by atoms with E-state index in [1.54, 1.807) is 0 Å². The molecule has 0 spiro atoms. The molecule has 0 aromatic carbocycles. The van der Waals surface area contributed by atoms with Crippen LogP contribution in [0.25, 0.3) is 0 Å². The Morgan fingerprint density at radius 2 is 2.12 bits per heavy atom. The lowest BCUT2D eigenvalue weighted by atomic mass is 10.3. The van der Waals surface area contributed by atoms with Gasteiger partial charge in [-0.05, 0) is 6.07 Å². The van der Waals surface area contributed by atoms with Crippen molar-refractivity contribution in [3.63, 3.8) is 0 Å². The van der Waals surface area contributed by atoms with Gasteiger partial charge in [-0.25, -0.2) is 0 Å². The third-order valence-electron chi connectivity index (χ3n) is 1.63. The Labute approximate surface area is 96.5 Å². The van der Waals surface area contributed by atoms with Crippen molar-refractivity contribution in [1.82, 2.24) is 4.98 Å². The normalized spacial score (nSPS) is 11.3. The zero-order valence-corrected chi connectivity index (χ0v) is 9.61. The van der Waals surface area contributed by atoms with Crippen LogP contribution >= 0.6 is 15.9 Å². The third-order valence-corrected chi connectivity index (χ3v) is 2.23. The molecule has 0 aliphatic rings. The summed E-state index contributed by atoms with van der Waals surface area (Å²) in [7, 11) is 1.18. The van der Waals surface area contributed by atoms with Gasteiger partial charge in [-0.15, -0.1) is 13.2 Å². The van der Waals surface area contributed by atoms with Gasteiger partial charge in [0.05, 0.1) is 7.11 Å². The molecule has 0 atom stereocenters. The average molecular weight is 302 g/mol. The first-order valence-corrected chi connectivity index (χ1v) is 5.11. The van der Waals surface area contributed by atoms with Crippen molar-refractivity contribution in [2.24, 2.45) is 0 Å². The Kier molecular flexibility index (Phi) is 3.84. The second-order valence-electron chi connectivity index (χ2n) is 2.70. The molecular weight excluding hydrogens is 295 g/mol. The maximum Gasteiger partial charge on any atom is 0.574 e. The number of aromatic amines is 1. The summed E-state index contributed by atoms with van der Waals surface area (Å²) in [5, 5.41) is 0.199. The quantitative estimate of drug-likeness (QED) is 0.871. The average Bonchev–Trinajstić information content (AvgIpc) is 2.16. The van der Waals surface area contributed by atoms with Gasteiger partial charge in [-0.3, -0.25) is 9.78 Å². The van der Waals surface area contributed by atoms with Crippen molar-refractivity contribution in [3.8, 4) is 11.6 Å². The van der Waals surface area contributed by atoms with E-state index in [4.69, 9.17) is 0 Å². The monoisotopic (exact) mass is 301 g/mol. The fourth-order valence-electron chi connectivity index (χ4n) is 0.977. The smallest absolute Gasteiger partial charge is 0.491 e. The zero-order chi connectivity index (χ0) is 12.3. The molecule has 1 N–H and O–H groups in total. The van der Waals surface area contributed by atoms with Crippen molar-refractivity contribution < 1.29 is 22.6 Å². The minimum atomic E-state index is -4.88. The first-order chi connectivity index (χ1) is 7.37. The van der Waals surface area contributed by atoms with E-state index in [-0.39, 0.29) is 16.6 Å². The second kappa shape index (κ2) is 4.77. The van der Waals surface area contributed by atoms with Crippen LogP contribution in [0.1, 0.15) is 5.56 Å². The second-order valence-corrected chi connectivity index (χ2v) is 3.26. The molecule has 0 amide bonds. The molecule has 0 aliphatic heterocycles. The third kappa shape index (κ3) is 3.16. The van der Waals surface area contributed by atoms with E-state index in [0.717, 1.165) is 0 Å². The number of rotatable bonds is 3. The van der Waals surface area contributed by atoms with Gasteiger partial charge in [0.2, 0.25) is 5.88 Å². The molecule has 0 radical (unpaired) electrons. The van der Waals surface area contributed by atoms with E-state index in [1.807, 2.05) is 4.98 Å². The summed E-state index contributed by atoms with van der Waals surface area (Å²) in [6.45, 7) is 0. The Morgan fingerprint density at radius 3 is 2.56 bits per heavy atom. The van der Waals surface area contributed by atoms with E-state index in [2.05, 4.69) is 25.4 Å². The number of aromatic nitrogens is 1. The summed E-state index contributed by atoms with van der Waals surface area (Å²) in [6.07, 6.45) is -4.88. The molecule has 0 saturated heterocycles. The highest BCUT2D eigenvalue weighted by molar-refractivity contribution is 9.08. The van der Waals surface area contributed by atoms with Gasteiger partial charge >= 0.3 is 6.36 Å². The predicted octanol–water partition coefficient (Wildman–Crippen LogP) is 2.18.